The molecule has 1 saturated heterocycles. The third-order valence-corrected chi connectivity index (χ3v) is 5.40. The van der Waals surface area contributed by atoms with E-state index >= 15 is 0 Å². The van der Waals surface area contributed by atoms with E-state index in [0.717, 1.165) is 70.1 Å². The van der Waals surface area contributed by atoms with Crippen molar-refractivity contribution in [3.63, 3.8) is 0 Å². The van der Waals surface area contributed by atoms with E-state index in [1.807, 2.05) is 15.6 Å². The lowest BCUT2D eigenvalue weighted by molar-refractivity contribution is -0.132. The molecule has 0 saturated carbocycles. The molecule has 7 nitrogen and oxygen atoms in total. The highest BCUT2D eigenvalue weighted by atomic mass is 16.3. The number of likely N-dealkylation sites (tertiary alicyclic amines) is 1. The lowest BCUT2D eigenvalue weighted by atomic mass is 9.99. The van der Waals surface area contributed by atoms with Crippen LogP contribution in [-0.2, 0) is 17.9 Å². The minimum atomic E-state index is -0.920. The zero-order chi connectivity index (χ0) is 17.8. The van der Waals surface area contributed by atoms with Crippen molar-refractivity contribution in [2.75, 3.05) is 32.8 Å². The molecule has 140 valence electrons. The van der Waals surface area contributed by atoms with Crippen LogP contribution in [0.5, 0.6) is 0 Å². The van der Waals surface area contributed by atoms with Gasteiger partial charge in [0.2, 0.25) is 5.91 Å². The fraction of sp³-hybridized carbons (Fsp3) is 0.778. The number of carbonyl (C=O) groups excluding carboxylic acids is 1. The van der Waals surface area contributed by atoms with Crippen LogP contribution in [0.3, 0.4) is 0 Å². The maximum atomic E-state index is 12.4. The number of carbonyl (C=O) groups is 1. The number of aryl methyl sites for hydroxylation is 1. The van der Waals surface area contributed by atoms with E-state index in [1.54, 1.807) is 0 Å². The molecule has 0 bridgehead atoms. The number of fused-ring (bicyclic) bond motifs is 1. The van der Waals surface area contributed by atoms with Crippen molar-refractivity contribution in [3.8, 4) is 0 Å². The van der Waals surface area contributed by atoms with Crippen molar-refractivity contribution in [2.24, 2.45) is 5.92 Å². The highest BCUT2D eigenvalue weighted by molar-refractivity contribution is 5.76. The molecule has 1 atom stereocenters. The van der Waals surface area contributed by atoms with E-state index in [9.17, 15) is 9.90 Å². The van der Waals surface area contributed by atoms with E-state index < -0.39 is 6.10 Å². The molecule has 25 heavy (non-hydrogen) atoms. The lowest BCUT2D eigenvalue weighted by Gasteiger charge is -2.31. The van der Waals surface area contributed by atoms with Gasteiger partial charge in [-0.05, 0) is 31.2 Å². The SMILES string of the molecule is CC1CCN(C(=O)CCN2CCCn3nc([C@@H](O)CO)cc3C2)CC1. The second-order valence-corrected chi connectivity index (χ2v) is 7.43. The topological polar surface area (TPSA) is 81.8 Å². The van der Waals surface area contributed by atoms with Crippen molar-refractivity contribution in [1.82, 2.24) is 19.6 Å². The number of aliphatic hydroxyl groups is 2. The van der Waals surface area contributed by atoms with E-state index in [0.29, 0.717) is 12.1 Å². The fourth-order valence-electron chi connectivity index (χ4n) is 3.67. The molecule has 1 aromatic heterocycles. The molecule has 2 aliphatic rings. The molecule has 3 rings (SSSR count). The Labute approximate surface area is 149 Å². The number of hydrogen-bond acceptors (Lipinski definition) is 5. The Balaban J connectivity index is 1.53. The minimum absolute atomic E-state index is 0.265. The average Bonchev–Trinajstić information content (AvgIpc) is 2.92. The van der Waals surface area contributed by atoms with Crippen molar-refractivity contribution in [2.45, 2.75) is 51.8 Å². The van der Waals surface area contributed by atoms with Gasteiger partial charge in [0.15, 0.2) is 0 Å². The molecular formula is C18H30N4O3. The van der Waals surface area contributed by atoms with E-state index in [2.05, 4.69) is 16.9 Å². The highest BCUT2D eigenvalue weighted by Crippen LogP contribution is 2.19. The van der Waals surface area contributed by atoms with E-state index in [-0.39, 0.29) is 12.5 Å². The molecule has 2 N–H and O–H groups in total. The predicted octanol–water partition coefficient (Wildman–Crippen LogP) is 0.763. The number of piperidine rings is 1. The maximum absolute atomic E-state index is 12.4. The molecule has 0 radical (unpaired) electrons. The number of nitrogens with zero attached hydrogens (tertiary/aromatic N) is 4. The molecule has 0 unspecified atom stereocenters. The van der Waals surface area contributed by atoms with Crippen LogP contribution < -0.4 is 0 Å². The molecule has 1 aromatic rings. The molecule has 1 fully saturated rings. The molecule has 0 aromatic carbocycles. The van der Waals surface area contributed by atoms with Gasteiger partial charge < -0.3 is 15.1 Å². The van der Waals surface area contributed by atoms with Crippen molar-refractivity contribution in [1.29, 1.82) is 0 Å². The van der Waals surface area contributed by atoms with Gasteiger partial charge in [-0.15, -0.1) is 0 Å². The molecule has 0 aliphatic carbocycles. The fourth-order valence-corrected chi connectivity index (χ4v) is 3.67. The second-order valence-electron chi connectivity index (χ2n) is 7.43. The van der Waals surface area contributed by atoms with Crippen molar-refractivity contribution in [3.05, 3.63) is 17.5 Å². The van der Waals surface area contributed by atoms with Crippen LogP contribution in [0.25, 0.3) is 0 Å². The summed E-state index contributed by atoms with van der Waals surface area (Å²) in [4.78, 5) is 16.7. The van der Waals surface area contributed by atoms with Crippen LogP contribution >= 0.6 is 0 Å². The largest absolute Gasteiger partial charge is 0.393 e. The first-order chi connectivity index (χ1) is 12.1. The Morgan fingerprint density at radius 3 is 2.80 bits per heavy atom. The smallest absolute Gasteiger partial charge is 0.223 e. The number of aliphatic hydroxyl groups excluding tert-OH is 2. The van der Waals surface area contributed by atoms with E-state index in [4.69, 9.17) is 5.11 Å². The van der Waals surface area contributed by atoms with Crippen LogP contribution in [0, 0.1) is 5.92 Å². The zero-order valence-corrected chi connectivity index (χ0v) is 15.1. The first kappa shape index (κ1) is 18.4. The number of aromatic nitrogens is 2. The second kappa shape index (κ2) is 8.29. The van der Waals surface area contributed by atoms with Gasteiger partial charge in [-0.1, -0.05) is 6.92 Å². The monoisotopic (exact) mass is 350 g/mol. The number of rotatable bonds is 5. The summed E-state index contributed by atoms with van der Waals surface area (Å²) in [5, 5.41) is 23.3. The highest BCUT2D eigenvalue weighted by Gasteiger charge is 2.23. The zero-order valence-electron chi connectivity index (χ0n) is 15.1. The quantitative estimate of drug-likeness (QED) is 0.819. The molecule has 3 heterocycles. The minimum Gasteiger partial charge on any atom is -0.393 e. The summed E-state index contributed by atoms with van der Waals surface area (Å²) in [7, 11) is 0. The Morgan fingerprint density at radius 1 is 1.32 bits per heavy atom. The van der Waals surface area contributed by atoms with Gasteiger partial charge >= 0.3 is 0 Å². The average molecular weight is 350 g/mol. The third-order valence-electron chi connectivity index (χ3n) is 5.40. The summed E-state index contributed by atoms with van der Waals surface area (Å²) in [6, 6.07) is 1.87. The summed E-state index contributed by atoms with van der Waals surface area (Å²) in [6.45, 7) is 6.98. The third kappa shape index (κ3) is 4.59. The standard InChI is InChI=1S/C18H30N4O3/c1-14-3-9-21(10-4-14)18(25)5-8-20-6-2-7-22-15(12-20)11-16(19-22)17(24)13-23/h11,14,17,23-24H,2-10,12-13H2,1H3/t17-/m0/s1. The Kier molecular flexibility index (Phi) is 6.09. The summed E-state index contributed by atoms with van der Waals surface area (Å²) in [5.41, 5.74) is 1.57. The first-order valence-electron chi connectivity index (χ1n) is 9.42. The number of hydrogen-bond donors (Lipinski definition) is 2. The molecular weight excluding hydrogens is 320 g/mol. The molecule has 2 aliphatic heterocycles. The van der Waals surface area contributed by atoms with Crippen molar-refractivity contribution < 1.29 is 15.0 Å². The Hall–Kier alpha value is -1.44. The lowest BCUT2D eigenvalue weighted by Crippen LogP contribution is -2.39. The van der Waals surface area contributed by atoms with Gasteiger partial charge in [0.1, 0.15) is 6.10 Å². The Morgan fingerprint density at radius 2 is 2.08 bits per heavy atom. The van der Waals surface area contributed by atoms with Crippen LogP contribution in [-0.4, -0.2) is 68.5 Å². The van der Waals surface area contributed by atoms with E-state index in [1.165, 1.54) is 0 Å². The molecule has 1 amide bonds. The van der Waals surface area contributed by atoms with Gasteiger partial charge in [0.25, 0.3) is 0 Å². The van der Waals surface area contributed by atoms with Crippen LogP contribution in [0.15, 0.2) is 6.07 Å². The van der Waals surface area contributed by atoms with Gasteiger partial charge in [0, 0.05) is 45.7 Å². The van der Waals surface area contributed by atoms with Crippen molar-refractivity contribution >= 4 is 5.91 Å². The summed E-state index contributed by atoms with van der Waals surface area (Å²) < 4.78 is 1.92. The molecule has 7 heteroatoms. The van der Waals surface area contributed by atoms with Gasteiger partial charge in [-0.2, -0.15) is 5.10 Å². The Bertz CT molecular complexity index is 581. The number of amides is 1. The summed E-state index contributed by atoms with van der Waals surface area (Å²) >= 11 is 0. The molecule has 0 spiro atoms. The van der Waals surface area contributed by atoms with Crippen LogP contribution in [0.4, 0.5) is 0 Å². The summed E-state index contributed by atoms with van der Waals surface area (Å²) in [6.07, 6.45) is 2.85. The first-order valence-corrected chi connectivity index (χ1v) is 9.42. The predicted molar refractivity (Wildman–Crippen MR) is 93.8 cm³/mol. The van der Waals surface area contributed by atoms with Crippen LogP contribution in [0.1, 0.15) is 50.1 Å². The van der Waals surface area contributed by atoms with Gasteiger partial charge in [-0.3, -0.25) is 14.4 Å². The van der Waals surface area contributed by atoms with Crippen LogP contribution in [0.2, 0.25) is 0 Å². The summed E-state index contributed by atoms with van der Waals surface area (Å²) in [5.74, 6) is 0.999. The van der Waals surface area contributed by atoms with Gasteiger partial charge in [-0.25, -0.2) is 0 Å². The van der Waals surface area contributed by atoms with Gasteiger partial charge in [0.05, 0.1) is 18.0 Å². The maximum Gasteiger partial charge on any atom is 0.223 e. The normalized spacial score (nSPS) is 21.0.